The molecule has 0 radical (unpaired) electrons. The molecule has 1 N–H and O–H groups in total. The molecule has 2 rings (SSSR count). The molecule has 0 unspecified atom stereocenters. The molecule has 0 atom stereocenters. The van der Waals surface area contributed by atoms with E-state index in [4.69, 9.17) is 10.4 Å². The predicted octanol–water partition coefficient (Wildman–Crippen LogP) is 3.25. The highest BCUT2D eigenvalue weighted by Crippen LogP contribution is 2.16. The van der Waals surface area contributed by atoms with Crippen LogP contribution in [0.5, 0.6) is 0 Å². The van der Waals surface area contributed by atoms with Crippen molar-refractivity contribution in [1.29, 1.82) is 5.26 Å². The minimum Gasteiger partial charge on any atom is -0.478 e. The number of carboxylic acid groups (broad SMARTS) is 1. The van der Waals surface area contributed by atoms with Gasteiger partial charge in [0, 0.05) is 6.08 Å². The summed E-state index contributed by atoms with van der Waals surface area (Å²) in [5.41, 5.74) is 3.65. The zero-order valence-corrected chi connectivity index (χ0v) is 10.8. The molecule has 2 aromatic rings. The molecule has 0 saturated heterocycles. The second kappa shape index (κ2) is 6.35. The first-order valence-corrected chi connectivity index (χ1v) is 6.17. The Morgan fingerprint density at radius 3 is 2.50 bits per heavy atom. The van der Waals surface area contributed by atoms with Gasteiger partial charge in [-0.2, -0.15) is 5.26 Å². The number of carboxylic acids is 1. The second-order valence-corrected chi connectivity index (χ2v) is 4.36. The van der Waals surface area contributed by atoms with Crippen LogP contribution in [0.25, 0.3) is 6.08 Å². The van der Waals surface area contributed by atoms with Crippen LogP contribution in [0.2, 0.25) is 0 Å². The summed E-state index contributed by atoms with van der Waals surface area (Å²) in [4.78, 5) is 10.6. The van der Waals surface area contributed by atoms with Crippen LogP contribution < -0.4 is 0 Å². The van der Waals surface area contributed by atoms with Crippen molar-refractivity contribution in [3.05, 3.63) is 76.9 Å². The van der Waals surface area contributed by atoms with Gasteiger partial charge in [-0.1, -0.05) is 36.4 Å². The molecule has 0 aromatic heterocycles. The van der Waals surface area contributed by atoms with Crippen LogP contribution in [0.3, 0.4) is 0 Å². The van der Waals surface area contributed by atoms with E-state index >= 15 is 0 Å². The van der Waals surface area contributed by atoms with Crippen molar-refractivity contribution >= 4 is 12.0 Å². The van der Waals surface area contributed by atoms with Crippen molar-refractivity contribution < 1.29 is 9.90 Å². The summed E-state index contributed by atoms with van der Waals surface area (Å²) in [6, 6.07) is 17.1. The summed E-state index contributed by atoms with van der Waals surface area (Å²) in [5, 5.41) is 17.5. The van der Waals surface area contributed by atoms with Crippen molar-refractivity contribution in [2.75, 3.05) is 0 Å². The quantitative estimate of drug-likeness (QED) is 0.861. The van der Waals surface area contributed by atoms with Crippen molar-refractivity contribution in [3.63, 3.8) is 0 Å². The lowest BCUT2D eigenvalue weighted by Crippen LogP contribution is -1.93. The Hall–Kier alpha value is -2.86. The number of nitrogens with zero attached hydrogens (tertiary/aromatic N) is 1. The third-order valence-corrected chi connectivity index (χ3v) is 2.94. The van der Waals surface area contributed by atoms with Gasteiger partial charge in [-0.05, 0) is 41.3 Å². The van der Waals surface area contributed by atoms with Crippen LogP contribution in [-0.2, 0) is 11.2 Å². The summed E-state index contributed by atoms with van der Waals surface area (Å²) in [6.45, 7) is 0. The summed E-state index contributed by atoms with van der Waals surface area (Å²) in [7, 11) is 0. The Morgan fingerprint density at radius 2 is 1.85 bits per heavy atom. The van der Waals surface area contributed by atoms with E-state index in [-0.39, 0.29) is 0 Å². The molecule has 0 fully saturated rings. The SMILES string of the molecule is N#Cc1ccc(Cc2ccccc2/C=C/C(=O)O)cc1. The van der Waals surface area contributed by atoms with E-state index in [1.54, 1.807) is 18.2 Å². The zero-order chi connectivity index (χ0) is 14.4. The van der Waals surface area contributed by atoms with E-state index in [9.17, 15) is 4.79 Å². The van der Waals surface area contributed by atoms with Gasteiger partial charge < -0.3 is 5.11 Å². The molecule has 0 spiro atoms. The van der Waals surface area contributed by atoms with Crippen LogP contribution in [0.4, 0.5) is 0 Å². The molecule has 0 heterocycles. The summed E-state index contributed by atoms with van der Waals surface area (Å²) in [5.74, 6) is -0.960. The fourth-order valence-corrected chi connectivity index (χ4v) is 1.94. The van der Waals surface area contributed by atoms with Gasteiger partial charge >= 0.3 is 5.97 Å². The summed E-state index contributed by atoms with van der Waals surface area (Å²) < 4.78 is 0. The third kappa shape index (κ3) is 3.56. The number of benzene rings is 2. The standard InChI is InChI=1S/C17H13NO2/c18-12-14-7-5-13(6-8-14)11-16-4-2-1-3-15(16)9-10-17(19)20/h1-10H,11H2,(H,19,20)/b10-9+. The van der Waals surface area contributed by atoms with E-state index < -0.39 is 5.97 Å². The van der Waals surface area contributed by atoms with Crippen molar-refractivity contribution in [2.45, 2.75) is 6.42 Å². The molecule has 3 heteroatoms. The van der Waals surface area contributed by atoms with E-state index in [1.807, 2.05) is 36.4 Å². The number of carbonyl (C=O) groups is 1. The molecular formula is C17H13NO2. The van der Waals surface area contributed by atoms with Crippen molar-refractivity contribution in [2.24, 2.45) is 0 Å². The minimum absolute atomic E-state index is 0.632. The van der Waals surface area contributed by atoms with Crippen molar-refractivity contribution in [1.82, 2.24) is 0 Å². The summed E-state index contributed by atoms with van der Waals surface area (Å²) in [6.07, 6.45) is 3.44. The Bertz CT molecular complexity index is 679. The molecule has 0 aliphatic rings. The minimum atomic E-state index is -0.960. The smallest absolute Gasteiger partial charge is 0.328 e. The molecule has 20 heavy (non-hydrogen) atoms. The average molecular weight is 263 g/mol. The average Bonchev–Trinajstić information content (AvgIpc) is 2.47. The molecule has 0 aliphatic heterocycles. The topological polar surface area (TPSA) is 61.1 Å². The van der Waals surface area contributed by atoms with E-state index in [0.29, 0.717) is 12.0 Å². The fourth-order valence-electron chi connectivity index (χ4n) is 1.94. The maximum Gasteiger partial charge on any atom is 0.328 e. The first-order valence-electron chi connectivity index (χ1n) is 6.17. The molecule has 3 nitrogen and oxygen atoms in total. The van der Waals surface area contributed by atoms with Crippen LogP contribution in [0.1, 0.15) is 22.3 Å². The number of nitriles is 1. The maximum atomic E-state index is 10.6. The Kier molecular flexibility index (Phi) is 4.31. The largest absolute Gasteiger partial charge is 0.478 e. The van der Waals surface area contributed by atoms with Crippen LogP contribution >= 0.6 is 0 Å². The van der Waals surface area contributed by atoms with Gasteiger partial charge in [0.2, 0.25) is 0 Å². The van der Waals surface area contributed by atoms with Crippen LogP contribution in [-0.4, -0.2) is 11.1 Å². The Balaban J connectivity index is 2.24. The molecule has 2 aromatic carbocycles. The predicted molar refractivity (Wildman–Crippen MR) is 77.1 cm³/mol. The fraction of sp³-hybridized carbons (Fsp3) is 0.0588. The molecule has 0 bridgehead atoms. The van der Waals surface area contributed by atoms with Gasteiger partial charge in [0.05, 0.1) is 11.6 Å². The maximum absolute atomic E-state index is 10.6. The van der Waals surface area contributed by atoms with Crippen LogP contribution in [0, 0.1) is 11.3 Å². The van der Waals surface area contributed by atoms with Crippen LogP contribution in [0.15, 0.2) is 54.6 Å². The first-order chi connectivity index (χ1) is 9.69. The number of aliphatic carboxylic acids is 1. The van der Waals surface area contributed by atoms with Gasteiger partial charge in [0.15, 0.2) is 0 Å². The number of hydrogen-bond acceptors (Lipinski definition) is 2. The Morgan fingerprint density at radius 1 is 1.15 bits per heavy atom. The summed E-state index contributed by atoms with van der Waals surface area (Å²) >= 11 is 0. The normalized spacial score (nSPS) is 10.3. The highest BCUT2D eigenvalue weighted by molar-refractivity contribution is 5.85. The third-order valence-electron chi connectivity index (χ3n) is 2.94. The van der Waals surface area contributed by atoms with Gasteiger partial charge in [0.1, 0.15) is 0 Å². The molecule has 0 saturated carbocycles. The van der Waals surface area contributed by atoms with Gasteiger partial charge in [-0.15, -0.1) is 0 Å². The molecule has 98 valence electrons. The monoisotopic (exact) mass is 263 g/mol. The van der Waals surface area contributed by atoms with E-state index in [0.717, 1.165) is 22.8 Å². The lowest BCUT2D eigenvalue weighted by molar-refractivity contribution is -0.131. The highest BCUT2D eigenvalue weighted by Gasteiger charge is 2.01. The van der Waals surface area contributed by atoms with Gasteiger partial charge in [0.25, 0.3) is 0 Å². The second-order valence-electron chi connectivity index (χ2n) is 4.36. The van der Waals surface area contributed by atoms with Crippen molar-refractivity contribution in [3.8, 4) is 6.07 Å². The number of hydrogen-bond donors (Lipinski definition) is 1. The van der Waals surface area contributed by atoms with Gasteiger partial charge in [-0.25, -0.2) is 4.79 Å². The van der Waals surface area contributed by atoms with E-state index in [1.165, 1.54) is 0 Å². The Labute approximate surface area is 117 Å². The molecule has 0 aliphatic carbocycles. The van der Waals surface area contributed by atoms with Gasteiger partial charge in [-0.3, -0.25) is 0 Å². The zero-order valence-electron chi connectivity index (χ0n) is 10.8. The highest BCUT2D eigenvalue weighted by atomic mass is 16.4. The molecule has 0 amide bonds. The first kappa shape index (κ1) is 13.6. The number of rotatable bonds is 4. The molecular weight excluding hydrogens is 250 g/mol. The van der Waals surface area contributed by atoms with E-state index in [2.05, 4.69) is 6.07 Å². The lowest BCUT2D eigenvalue weighted by Gasteiger charge is -2.06. The lowest BCUT2D eigenvalue weighted by atomic mass is 9.99.